The lowest BCUT2D eigenvalue weighted by atomic mass is 10.4. The van der Waals surface area contributed by atoms with E-state index in [0.717, 1.165) is 26.2 Å². The maximum atomic E-state index is 12.2. The van der Waals surface area contributed by atoms with Gasteiger partial charge in [-0.3, -0.25) is 0 Å². The fourth-order valence-corrected chi connectivity index (χ4v) is 1.28. The minimum atomic E-state index is -4.38. The lowest BCUT2D eigenvalue weighted by Gasteiger charge is -2.15. The van der Waals surface area contributed by atoms with Gasteiger partial charge in [-0.2, -0.15) is 13.2 Å². The van der Waals surface area contributed by atoms with E-state index in [1.807, 2.05) is 0 Å². The van der Waals surface area contributed by atoms with Gasteiger partial charge in [-0.1, -0.05) is 0 Å². The molecule has 0 saturated carbocycles. The van der Waals surface area contributed by atoms with Gasteiger partial charge in [0.2, 0.25) is 5.76 Å². The first-order valence-corrected chi connectivity index (χ1v) is 4.11. The van der Waals surface area contributed by atoms with E-state index in [9.17, 15) is 13.2 Å². The van der Waals surface area contributed by atoms with Crippen LogP contribution in [0.2, 0.25) is 0 Å². The zero-order chi connectivity index (χ0) is 9.90. The number of hydrogen-bond acceptors (Lipinski definition) is 2. The molecule has 1 aliphatic heterocycles. The maximum absolute atomic E-state index is 12.2. The molecule has 1 heterocycles. The van der Waals surface area contributed by atoms with Crippen molar-refractivity contribution in [2.45, 2.75) is 19.0 Å². The molecule has 0 aromatic rings. The lowest BCUT2D eigenvalue weighted by Crippen LogP contribution is -2.19. The summed E-state index contributed by atoms with van der Waals surface area (Å²) in [6, 6.07) is 0. The van der Waals surface area contributed by atoms with Crippen molar-refractivity contribution < 1.29 is 17.9 Å². The van der Waals surface area contributed by atoms with Gasteiger partial charge in [0.05, 0.1) is 7.11 Å². The number of methoxy groups -OCH3 is 1. The fourth-order valence-electron chi connectivity index (χ4n) is 1.28. The Bertz CT molecular complexity index is 194. The fraction of sp³-hybridized carbons (Fsp3) is 0.750. The van der Waals surface area contributed by atoms with Crippen LogP contribution in [-0.4, -0.2) is 31.3 Å². The van der Waals surface area contributed by atoms with Crippen molar-refractivity contribution in [2.24, 2.45) is 0 Å². The number of rotatable bonds is 2. The predicted molar refractivity (Wildman–Crippen MR) is 42.0 cm³/mol. The number of halogens is 3. The second kappa shape index (κ2) is 3.89. The van der Waals surface area contributed by atoms with Gasteiger partial charge in [0.25, 0.3) is 0 Å². The van der Waals surface area contributed by atoms with E-state index in [0.29, 0.717) is 13.1 Å². The summed E-state index contributed by atoms with van der Waals surface area (Å²) in [5, 5.41) is 0. The number of alkyl halides is 3. The van der Waals surface area contributed by atoms with E-state index in [1.165, 1.54) is 0 Å². The second-order valence-corrected chi connectivity index (χ2v) is 2.94. The van der Waals surface area contributed by atoms with E-state index in [4.69, 9.17) is 0 Å². The molecule has 0 spiro atoms. The highest BCUT2D eigenvalue weighted by Crippen LogP contribution is 2.26. The van der Waals surface area contributed by atoms with Crippen molar-refractivity contribution in [3.63, 3.8) is 0 Å². The SMILES string of the molecule is COC(=CN1CCCC1)C(F)(F)F. The number of nitrogens with zero attached hydrogens (tertiary/aromatic N) is 1. The highest BCUT2D eigenvalue weighted by molar-refractivity contribution is 5.00. The van der Waals surface area contributed by atoms with Crippen LogP contribution in [0.4, 0.5) is 13.2 Å². The second-order valence-electron chi connectivity index (χ2n) is 2.94. The molecule has 0 aliphatic carbocycles. The smallest absolute Gasteiger partial charge is 0.450 e. The van der Waals surface area contributed by atoms with Crippen LogP contribution in [-0.2, 0) is 4.74 Å². The summed E-state index contributed by atoms with van der Waals surface area (Å²) in [4.78, 5) is 1.63. The minimum absolute atomic E-state index is 0.683. The summed E-state index contributed by atoms with van der Waals surface area (Å²) >= 11 is 0. The molecule has 5 heteroatoms. The molecule has 76 valence electrons. The maximum Gasteiger partial charge on any atom is 0.450 e. The standard InChI is InChI=1S/C8H12F3NO/c1-13-7(8(9,10)11)6-12-4-2-3-5-12/h6H,2-5H2,1H3. The van der Waals surface area contributed by atoms with Crippen LogP contribution >= 0.6 is 0 Å². The highest BCUT2D eigenvalue weighted by Gasteiger charge is 2.36. The van der Waals surface area contributed by atoms with E-state index in [1.54, 1.807) is 4.90 Å². The van der Waals surface area contributed by atoms with Crippen molar-refractivity contribution in [1.82, 2.24) is 4.90 Å². The average Bonchev–Trinajstić information content (AvgIpc) is 2.49. The first kappa shape index (κ1) is 10.2. The van der Waals surface area contributed by atoms with Crippen molar-refractivity contribution >= 4 is 0 Å². The Balaban J connectivity index is 2.64. The Hall–Kier alpha value is -0.870. The summed E-state index contributed by atoms with van der Waals surface area (Å²) in [6.45, 7) is 1.37. The van der Waals surface area contributed by atoms with Gasteiger partial charge in [0.1, 0.15) is 0 Å². The third-order valence-corrected chi connectivity index (χ3v) is 1.94. The lowest BCUT2D eigenvalue weighted by molar-refractivity contribution is -0.127. The molecule has 0 N–H and O–H groups in total. The molecule has 0 bridgehead atoms. The monoisotopic (exact) mass is 195 g/mol. The third kappa shape index (κ3) is 2.82. The van der Waals surface area contributed by atoms with Gasteiger partial charge in [-0.25, -0.2) is 0 Å². The van der Waals surface area contributed by atoms with E-state index in [2.05, 4.69) is 4.74 Å². The van der Waals surface area contributed by atoms with E-state index >= 15 is 0 Å². The first-order chi connectivity index (χ1) is 6.04. The normalized spacial score (nSPS) is 19.4. The predicted octanol–water partition coefficient (Wildman–Crippen LogP) is 2.13. The van der Waals surface area contributed by atoms with Crippen LogP contribution in [0.25, 0.3) is 0 Å². The Morgan fingerprint density at radius 1 is 1.31 bits per heavy atom. The molecule has 0 amide bonds. The molecule has 0 aromatic carbocycles. The molecule has 13 heavy (non-hydrogen) atoms. The van der Waals surface area contributed by atoms with Crippen molar-refractivity contribution in [2.75, 3.05) is 20.2 Å². The molecule has 1 aliphatic rings. The summed E-state index contributed by atoms with van der Waals surface area (Å²) in [5.41, 5.74) is 0. The van der Waals surface area contributed by atoms with Crippen LogP contribution in [0.3, 0.4) is 0 Å². The molecular weight excluding hydrogens is 183 g/mol. The van der Waals surface area contributed by atoms with Crippen LogP contribution in [0.5, 0.6) is 0 Å². The molecule has 1 rings (SSSR count). The van der Waals surface area contributed by atoms with Gasteiger partial charge in [-0.15, -0.1) is 0 Å². The molecule has 0 unspecified atom stereocenters. The molecule has 0 atom stereocenters. The molecule has 0 radical (unpaired) electrons. The molecule has 0 aromatic heterocycles. The van der Waals surface area contributed by atoms with Gasteiger partial charge in [0.15, 0.2) is 0 Å². The number of hydrogen-bond donors (Lipinski definition) is 0. The summed E-state index contributed by atoms with van der Waals surface area (Å²) in [7, 11) is 1.04. The number of likely N-dealkylation sites (tertiary alicyclic amines) is 1. The van der Waals surface area contributed by atoms with Gasteiger partial charge in [-0.05, 0) is 12.8 Å². The minimum Gasteiger partial charge on any atom is -0.491 e. The zero-order valence-corrected chi connectivity index (χ0v) is 7.40. The number of ether oxygens (including phenoxy) is 1. The summed E-state index contributed by atoms with van der Waals surface area (Å²) < 4.78 is 40.7. The first-order valence-electron chi connectivity index (χ1n) is 4.11. The van der Waals surface area contributed by atoms with Crippen LogP contribution in [0.15, 0.2) is 12.0 Å². The van der Waals surface area contributed by atoms with Crippen molar-refractivity contribution in [3.05, 3.63) is 12.0 Å². The van der Waals surface area contributed by atoms with Crippen molar-refractivity contribution in [3.8, 4) is 0 Å². The number of allylic oxidation sites excluding steroid dienone is 1. The Morgan fingerprint density at radius 3 is 2.23 bits per heavy atom. The van der Waals surface area contributed by atoms with E-state index < -0.39 is 11.9 Å². The Morgan fingerprint density at radius 2 is 1.85 bits per heavy atom. The van der Waals surface area contributed by atoms with Crippen molar-refractivity contribution in [1.29, 1.82) is 0 Å². The molecule has 2 nitrogen and oxygen atoms in total. The topological polar surface area (TPSA) is 12.5 Å². The largest absolute Gasteiger partial charge is 0.491 e. The Kier molecular flexibility index (Phi) is 3.06. The Labute approximate surface area is 75.0 Å². The molecular formula is C8H12F3NO. The summed E-state index contributed by atoms with van der Waals surface area (Å²) in [6.07, 6.45) is -1.43. The highest BCUT2D eigenvalue weighted by atomic mass is 19.4. The molecule has 1 fully saturated rings. The summed E-state index contributed by atoms with van der Waals surface area (Å²) in [5.74, 6) is -0.922. The van der Waals surface area contributed by atoms with Gasteiger partial charge < -0.3 is 9.64 Å². The van der Waals surface area contributed by atoms with E-state index in [-0.39, 0.29) is 0 Å². The van der Waals surface area contributed by atoms with Crippen LogP contribution in [0, 0.1) is 0 Å². The average molecular weight is 195 g/mol. The molecule has 1 saturated heterocycles. The van der Waals surface area contributed by atoms with Gasteiger partial charge in [0, 0.05) is 19.3 Å². The quantitative estimate of drug-likeness (QED) is 0.626. The zero-order valence-electron chi connectivity index (χ0n) is 7.40. The van der Waals surface area contributed by atoms with Crippen LogP contribution < -0.4 is 0 Å². The van der Waals surface area contributed by atoms with Crippen LogP contribution in [0.1, 0.15) is 12.8 Å². The third-order valence-electron chi connectivity index (χ3n) is 1.94. The van der Waals surface area contributed by atoms with Gasteiger partial charge >= 0.3 is 6.18 Å².